The van der Waals surface area contributed by atoms with Crippen molar-refractivity contribution in [1.29, 1.82) is 0 Å². The Labute approximate surface area is 192 Å². The van der Waals surface area contributed by atoms with Gasteiger partial charge < -0.3 is 13.9 Å². The van der Waals surface area contributed by atoms with E-state index >= 15 is 0 Å². The minimum atomic E-state index is -2.63. The van der Waals surface area contributed by atoms with Gasteiger partial charge >= 0.3 is 5.97 Å². The van der Waals surface area contributed by atoms with E-state index in [9.17, 15) is 4.79 Å². The largest absolute Gasteiger partial charge is 0.436 e. The van der Waals surface area contributed by atoms with E-state index in [1.54, 1.807) is 0 Å². The Morgan fingerprint density at radius 1 is 0.938 bits per heavy atom. The van der Waals surface area contributed by atoms with Gasteiger partial charge in [-0.2, -0.15) is 0 Å². The molecule has 1 fully saturated rings. The molecule has 0 aromatic heterocycles. The summed E-state index contributed by atoms with van der Waals surface area (Å²) >= 11 is 0. The molecule has 0 spiro atoms. The summed E-state index contributed by atoms with van der Waals surface area (Å²) in [6, 6.07) is 21.3. The molecule has 1 aliphatic heterocycles. The first kappa shape index (κ1) is 23.0. The van der Waals surface area contributed by atoms with Crippen molar-refractivity contribution in [2.75, 3.05) is 6.61 Å². The highest BCUT2D eigenvalue weighted by molar-refractivity contribution is 6.99. The van der Waals surface area contributed by atoms with E-state index in [-0.39, 0.29) is 23.0 Å². The van der Waals surface area contributed by atoms with Crippen LogP contribution in [0.25, 0.3) is 0 Å². The zero-order chi connectivity index (χ0) is 22.8. The van der Waals surface area contributed by atoms with E-state index in [1.807, 2.05) is 0 Å². The Bertz CT molecular complexity index is 896. The molecule has 0 bridgehead atoms. The summed E-state index contributed by atoms with van der Waals surface area (Å²) in [5.74, 6) is 0.191. The second kappa shape index (κ2) is 9.34. The summed E-state index contributed by atoms with van der Waals surface area (Å²) in [6.45, 7) is 8.77. The van der Waals surface area contributed by atoms with Crippen molar-refractivity contribution in [3.63, 3.8) is 0 Å². The monoisotopic (exact) mass is 450 g/mol. The van der Waals surface area contributed by atoms with Gasteiger partial charge in [-0.3, -0.25) is 4.79 Å². The zero-order valence-corrected chi connectivity index (χ0v) is 20.5. The van der Waals surface area contributed by atoms with Gasteiger partial charge in [-0.15, -0.1) is 0 Å². The molecule has 1 aliphatic carbocycles. The number of benzene rings is 2. The van der Waals surface area contributed by atoms with Gasteiger partial charge in [0.25, 0.3) is 8.32 Å². The van der Waals surface area contributed by atoms with E-state index in [4.69, 9.17) is 13.9 Å². The Morgan fingerprint density at radius 2 is 1.47 bits per heavy atom. The Balaban J connectivity index is 1.68. The SMILES string of the molecule is CC(=O)O[C@@H]1O[C@H](CO[Si](c2ccccc2)(c2ccccc2)C(C)(C)C)[C@H]2CC=CC[C@@H]12. The molecule has 32 heavy (non-hydrogen) atoms. The van der Waals surface area contributed by atoms with Crippen LogP contribution in [0, 0.1) is 11.8 Å². The third-order valence-corrected chi connectivity index (χ3v) is 11.8. The highest BCUT2D eigenvalue weighted by atomic mass is 28.4. The highest BCUT2D eigenvalue weighted by Crippen LogP contribution is 2.43. The number of hydrogen-bond donors (Lipinski definition) is 0. The minimum absolute atomic E-state index is 0.0878. The fourth-order valence-corrected chi connectivity index (χ4v) is 9.95. The van der Waals surface area contributed by atoms with Crippen molar-refractivity contribution in [2.45, 2.75) is 58.0 Å². The fourth-order valence-electron chi connectivity index (χ4n) is 5.38. The first-order chi connectivity index (χ1) is 15.3. The first-order valence-electron chi connectivity index (χ1n) is 11.6. The maximum atomic E-state index is 11.7. The Hall–Kier alpha value is -2.21. The number of fused-ring (bicyclic) bond motifs is 1. The normalized spacial score (nSPS) is 25.4. The van der Waals surface area contributed by atoms with Crippen LogP contribution in [0.4, 0.5) is 0 Å². The second-order valence-corrected chi connectivity index (χ2v) is 14.2. The Morgan fingerprint density at radius 3 is 1.97 bits per heavy atom. The van der Waals surface area contributed by atoms with Crippen molar-refractivity contribution in [3.05, 3.63) is 72.8 Å². The molecule has 0 saturated carbocycles. The molecule has 0 radical (unpaired) electrons. The van der Waals surface area contributed by atoms with Gasteiger partial charge in [0, 0.05) is 12.8 Å². The summed E-state index contributed by atoms with van der Waals surface area (Å²) in [5, 5.41) is 2.43. The number of allylic oxidation sites excluding steroid dienone is 2. The molecule has 2 aromatic rings. The standard InChI is InChI=1S/C27H34O4Si/c1-20(28)30-26-24-18-12-11-17-23(24)25(31-26)19-29-32(27(2,3)4,21-13-7-5-8-14-21)22-15-9-6-10-16-22/h5-16,23-26H,17-19H2,1-4H3/t23-,24+,25+,26+/m0/s1. The molecule has 5 heteroatoms. The third kappa shape index (κ3) is 4.34. The highest BCUT2D eigenvalue weighted by Gasteiger charge is 2.52. The van der Waals surface area contributed by atoms with Crippen LogP contribution in [-0.4, -0.2) is 33.3 Å². The molecule has 4 atom stereocenters. The maximum absolute atomic E-state index is 11.7. The van der Waals surface area contributed by atoms with Gasteiger partial charge in [0.05, 0.1) is 12.7 Å². The minimum Gasteiger partial charge on any atom is -0.436 e. The Kier molecular flexibility index (Phi) is 6.70. The summed E-state index contributed by atoms with van der Waals surface area (Å²) in [4.78, 5) is 11.7. The number of ether oxygens (including phenoxy) is 2. The average Bonchev–Trinajstić information content (AvgIpc) is 3.12. The molecule has 170 valence electrons. The lowest BCUT2D eigenvalue weighted by Crippen LogP contribution is -2.67. The van der Waals surface area contributed by atoms with E-state index < -0.39 is 14.6 Å². The number of hydrogen-bond acceptors (Lipinski definition) is 4. The fraction of sp³-hybridized carbons (Fsp3) is 0.444. The molecule has 0 unspecified atom stereocenters. The zero-order valence-electron chi connectivity index (χ0n) is 19.5. The number of esters is 1. The molecule has 2 aromatic carbocycles. The van der Waals surface area contributed by atoms with E-state index in [1.165, 1.54) is 17.3 Å². The average molecular weight is 451 g/mol. The van der Waals surface area contributed by atoms with Crippen LogP contribution in [0.3, 0.4) is 0 Å². The van der Waals surface area contributed by atoms with E-state index in [0.29, 0.717) is 12.5 Å². The summed E-state index contributed by atoms with van der Waals surface area (Å²) in [7, 11) is -2.63. The van der Waals surface area contributed by atoms with Gasteiger partial charge in [0.15, 0.2) is 0 Å². The van der Waals surface area contributed by atoms with Crippen molar-refractivity contribution in [1.82, 2.24) is 0 Å². The van der Waals surface area contributed by atoms with E-state index in [0.717, 1.165) is 12.8 Å². The predicted octanol–water partition coefficient (Wildman–Crippen LogP) is 4.43. The number of carbonyl (C=O) groups is 1. The van der Waals surface area contributed by atoms with Crippen molar-refractivity contribution in [3.8, 4) is 0 Å². The summed E-state index contributed by atoms with van der Waals surface area (Å²) in [6.07, 6.45) is 5.60. The number of rotatable bonds is 6. The summed E-state index contributed by atoms with van der Waals surface area (Å²) in [5.41, 5.74) is 0. The molecule has 0 amide bonds. The van der Waals surface area contributed by atoms with E-state index in [2.05, 4.69) is 93.6 Å². The van der Waals surface area contributed by atoms with Crippen molar-refractivity contribution in [2.24, 2.45) is 11.8 Å². The molecule has 1 heterocycles. The van der Waals surface area contributed by atoms with Gasteiger partial charge in [0.2, 0.25) is 6.29 Å². The molecular formula is C27H34O4Si. The van der Waals surface area contributed by atoms with Crippen LogP contribution < -0.4 is 10.4 Å². The van der Waals surface area contributed by atoms with Crippen LogP contribution >= 0.6 is 0 Å². The summed E-state index contributed by atoms with van der Waals surface area (Å²) < 4.78 is 19.0. The third-order valence-electron chi connectivity index (χ3n) is 6.83. The number of carbonyl (C=O) groups excluding carboxylic acids is 1. The first-order valence-corrected chi connectivity index (χ1v) is 13.5. The van der Waals surface area contributed by atoms with Gasteiger partial charge in [0.1, 0.15) is 0 Å². The second-order valence-electron chi connectivity index (χ2n) is 9.90. The smallest absolute Gasteiger partial charge is 0.304 e. The lowest BCUT2D eigenvalue weighted by Gasteiger charge is -2.43. The van der Waals surface area contributed by atoms with Crippen LogP contribution in [0.2, 0.25) is 5.04 Å². The maximum Gasteiger partial charge on any atom is 0.304 e. The topological polar surface area (TPSA) is 44.8 Å². The molecule has 1 saturated heterocycles. The van der Waals surface area contributed by atoms with Crippen LogP contribution in [0.1, 0.15) is 40.5 Å². The predicted molar refractivity (Wildman–Crippen MR) is 129 cm³/mol. The van der Waals surface area contributed by atoms with Gasteiger partial charge in [-0.1, -0.05) is 93.6 Å². The van der Waals surface area contributed by atoms with Crippen LogP contribution in [-0.2, 0) is 18.7 Å². The van der Waals surface area contributed by atoms with Gasteiger partial charge in [-0.05, 0) is 34.2 Å². The molecular weight excluding hydrogens is 416 g/mol. The molecule has 0 N–H and O–H groups in total. The van der Waals surface area contributed by atoms with Crippen LogP contribution in [0.5, 0.6) is 0 Å². The molecule has 2 aliphatic rings. The lowest BCUT2D eigenvalue weighted by atomic mass is 9.81. The van der Waals surface area contributed by atoms with Crippen molar-refractivity contribution < 1.29 is 18.7 Å². The van der Waals surface area contributed by atoms with Gasteiger partial charge in [-0.25, -0.2) is 0 Å². The molecule has 4 rings (SSSR count). The molecule has 4 nitrogen and oxygen atoms in total. The van der Waals surface area contributed by atoms with Crippen molar-refractivity contribution >= 4 is 24.7 Å². The van der Waals surface area contributed by atoms with Crippen LogP contribution in [0.15, 0.2) is 72.8 Å². The lowest BCUT2D eigenvalue weighted by molar-refractivity contribution is -0.180. The quantitative estimate of drug-likeness (QED) is 0.371.